The molecule has 0 fully saturated rings. The molecule has 0 atom stereocenters. The van der Waals surface area contributed by atoms with Gasteiger partial charge in [-0.05, 0) is 37.7 Å². The number of rotatable bonds is 11. The number of anilines is 3. The Morgan fingerprint density at radius 1 is 1.12 bits per heavy atom. The van der Waals surface area contributed by atoms with Crippen LogP contribution in [0.4, 0.5) is 17.5 Å². The van der Waals surface area contributed by atoms with Gasteiger partial charge in [-0.3, -0.25) is 0 Å². The summed E-state index contributed by atoms with van der Waals surface area (Å²) >= 11 is 0. The maximum Gasteiger partial charge on any atom is 0.229 e. The summed E-state index contributed by atoms with van der Waals surface area (Å²) < 4.78 is 11.3. The monoisotopic (exact) mass is 359 g/mol. The van der Waals surface area contributed by atoms with E-state index in [0.717, 1.165) is 37.6 Å². The van der Waals surface area contributed by atoms with Gasteiger partial charge in [0.1, 0.15) is 5.82 Å². The molecule has 0 radical (unpaired) electrons. The van der Waals surface area contributed by atoms with E-state index in [-0.39, 0.29) is 0 Å². The average Bonchev–Trinajstić information content (AvgIpc) is 2.68. The van der Waals surface area contributed by atoms with E-state index in [9.17, 15) is 0 Å². The van der Waals surface area contributed by atoms with Gasteiger partial charge < -0.3 is 25.0 Å². The summed E-state index contributed by atoms with van der Waals surface area (Å²) in [5, 5.41) is 6.19. The fraction of sp³-hybridized carbons (Fsp3) is 0.474. The summed E-state index contributed by atoms with van der Waals surface area (Å²) in [6.07, 6.45) is 2.67. The Hall–Kier alpha value is -2.54. The molecule has 1 heterocycles. The Labute approximate surface area is 155 Å². The molecule has 0 aliphatic rings. The minimum Gasteiger partial charge on any atom is -0.493 e. The van der Waals surface area contributed by atoms with Crippen LogP contribution in [0.25, 0.3) is 0 Å². The summed E-state index contributed by atoms with van der Waals surface area (Å²) in [5.74, 6) is 2.70. The number of methoxy groups -OCH3 is 1. The summed E-state index contributed by atoms with van der Waals surface area (Å²) in [6, 6.07) is 7.51. The Morgan fingerprint density at radius 2 is 1.92 bits per heavy atom. The van der Waals surface area contributed by atoms with Crippen molar-refractivity contribution in [3.8, 4) is 11.5 Å². The number of hydrogen-bond donors (Lipinski definition) is 2. The van der Waals surface area contributed by atoms with Gasteiger partial charge in [-0.15, -0.1) is 0 Å². The standard InChI is InChI=1S/C19H29N5O2/c1-5-24(6-2)12-7-13-26-17-14-15(8-9-16(17)25-4)22-19-21-11-10-18(20-3)23-19/h8-11,14H,5-7,12-13H2,1-4H3,(H2,20,21,22,23). The van der Waals surface area contributed by atoms with E-state index >= 15 is 0 Å². The van der Waals surface area contributed by atoms with Crippen LogP contribution in [0.15, 0.2) is 30.5 Å². The number of ether oxygens (including phenoxy) is 2. The van der Waals surface area contributed by atoms with E-state index in [1.807, 2.05) is 31.3 Å². The van der Waals surface area contributed by atoms with Gasteiger partial charge in [0.25, 0.3) is 0 Å². The van der Waals surface area contributed by atoms with Crippen LogP contribution in [0.1, 0.15) is 20.3 Å². The fourth-order valence-corrected chi connectivity index (χ4v) is 2.56. The predicted octanol–water partition coefficient (Wildman–Crippen LogP) is 3.38. The molecule has 2 aromatic rings. The maximum absolute atomic E-state index is 5.95. The molecule has 26 heavy (non-hydrogen) atoms. The van der Waals surface area contributed by atoms with Gasteiger partial charge in [0.05, 0.1) is 13.7 Å². The Morgan fingerprint density at radius 3 is 2.62 bits per heavy atom. The second kappa shape index (κ2) is 10.5. The van der Waals surface area contributed by atoms with Gasteiger partial charge >= 0.3 is 0 Å². The van der Waals surface area contributed by atoms with Gasteiger partial charge in [-0.1, -0.05) is 13.8 Å². The van der Waals surface area contributed by atoms with Gasteiger partial charge in [0.15, 0.2) is 11.5 Å². The van der Waals surface area contributed by atoms with E-state index in [4.69, 9.17) is 9.47 Å². The van der Waals surface area contributed by atoms with Crippen molar-refractivity contribution < 1.29 is 9.47 Å². The second-order valence-electron chi connectivity index (χ2n) is 5.74. The molecule has 0 bridgehead atoms. The first-order valence-corrected chi connectivity index (χ1v) is 9.01. The van der Waals surface area contributed by atoms with Crippen molar-refractivity contribution >= 4 is 17.5 Å². The summed E-state index contributed by atoms with van der Waals surface area (Å²) in [5.41, 5.74) is 0.845. The molecule has 142 valence electrons. The molecule has 7 nitrogen and oxygen atoms in total. The number of nitrogens with zero attached hydrogens (tertiary/aromatic N) is 3. The van der Waals surface area contributed by atoms with Crippen molar-refractivity contribution in [3.63, 3.8) is 0 Å². The van der Waals surface area contributed by atoms with Crippen LogP contribution in [0.5, 0.6) is 11.5 Å². The van der Waals surface area contributed by atoms with E-state index in [1.54, 1.807) is 13.3 Å². The van der Waals surface area contributed by atoms with Crippen molar-refractivity contribution in [2.75, 3.05) is 51.0 Å². The van der Waals surface area contributed by atoms with Gasteiger partial charge in [-0.25, -0.2) is 4.98 Å². The second-order valence-corrected chi connectivity index (χ2v) is 5.74. The van der Waals surface area contributed by atoms with Crippen molar-refractivity contribution in [3.05, 3.63) is 30.5 Å². The van der Waals surface area contributed by atoms with Crippen LogP contribution in [0.3, 0.4) is 0 Å². The molecule has 0 amide bonds. The van der Waals surface area contributed by atoms with E-state index in [2.05, 4.69) is 39.3 Å². The summed E-state index contributed by atoms with van der Waals surface area (Å²) in [4.78, 5) is 11.0. The van der Waals surface area contributed by atoms with Crippen molar-refractivity contribution in [1.29, 1.82) is 0 Å². The minimum absolute atomic E-state index is 0.523. The average molecular weight is 359 g/mol. The number of aromatic nitrogens is 2. The van der Waals surface area contributed by atoms with E-state index < -0.39 is 0 Å². The van der Waals surface area contributed by atoms with E-state index in [0.29, 0.717) is 24.1 Å². The lowest BCUT2D eigenvalue weighted by Crippen LogP contribution is -2.25. The van der Waals surface area contributed by atoms with Gasteiger partial charge in [-0.2, -0.15) is 4.98 Å². The van der Waals surface area contributed by atoms with Crippen LogP contribution >= 0.6 is 0 Å². The highest BCUT2D eigenvalue weighted by molar-refractivity contribution is 5.60. The molecular weight excluding hydrogens is 330 g/mol. The zero-order valence-electron chi connectivity index (χ0n) is 16.1. The van der Waals surface area contributed by atoms with Crippen LogP contribution in [-0.2, 0) is 0 Å². The lowest BCUT2D eigenvalue weighted by Gasteiger charge is -2.18. The Kier molecular flexibility index (Phi) is 7.95. The lowest BCUT2D eigenvalue weighted by molar-refractivity contribution is 0.242. The first-order valence-electron chi connectivity index (χ1n) is 9.01. The first kappa shape index (κ1) is 19.8. The molecule has 0 spiro atoms. The zero-order chi connectivity index (χ0) is 18.8. The lowest BCUT2D eigenvalue weighted by atomic mass is 10.2. The zero-order valence-corrected chi connectivity index (χ0v) is 16.1. The minimum atomic E-state index is 0.523. The van der Waals surface area contributed by atoms with Gasteiger partial charge in [0, 0.05) is 31.5 Å². The number of hydrogen-bond acceptors (Lipinski definition) is 7. The molecule has 0 saturated carbocycles. The molecule has 2 rings (SSSR count). The molecule has 1 aromatic heterocycles. The molecular formula is C19H29N5O2. The molecule has 0 unspecified atom stereocenters. The number of nitrogens with one attached hydrogen (secondary N) is 2. The summed E-state index contributed by atoms with van der Waals surface area (Å²) in [6.45, 7) is 8.14. The van der Waals surface area contributed by atoms with E-state index in [1.165, 1.54) is 0 Å². The SMILES string of the molecule is CCN(CC)CCCOc1cc(Nc2nccc(NC)n2)ccc1OC. The highest BCUT2D eigenvalue weighted by Gasteiger charge is 2.08. The summed E-state index contributed by atoms with van der Waals surface area (Å²) in [7, 11) is 3.47. The van der Waals surface area contributed by atoms with Crippen LogP contribution in [0, 0.1) is 0 Å². The first-order chi connectivity index (χ1) is 12.7. The Balaban J connectivity index is 2.00. The predicted molar refractivity (Wildman–Crippen MR) is 106 cm³/mol. The molecule has 7 heteroatoms. The smallest absolute Gasteiger partial charge is 0.229 e. The quantitative estimate of drug-likeness (QED) is 0.596. The molecule has 2 N–H and O–H groups in total. The highest BCUT2D eigenvalue weighted by Crippen LogP contribution is 2.31. The molecule has 0 aliphatic carbocycles. The fourth-order valence-electron chi connectivity index (χ4n) is 2.56. The Bertz CT molecular complexity index is 677. The normalized spacial score (nSPS) is 10.7. The van der Waals surface area contributed by atoms with Crippen LogP contribution < -0.4 is 20.1 Å². The third-order valence-electron chi connectivity index (χ3n) is 4.10. The largest absolute Gasteiger partial charge is 0.493 e. The van der Waals surface area contributed by atoms with Gasteiger partial charge in [0.2, 0.25) is 5.95 Å². The molecule has 1 aromatic carbocycles. The number of benzene rings is 1. The van der Waals surface area contributed by atoms with Crippen LogP contribution in [0.2, 0.25) is 0 Å². The topological polar surface area (TPSA) is 71.5 Å². The third-order valence-corrected chi connectivity index (χ3v) is 4.10. The van der Waals surface area contributed by atoms with Crippen molar-refractivity contribution in [2.45, 2.75) is 20.3 Å². The molecule has 0 saturated heterocycles. The maximum atomic E-state index is 5.95. The third kappa shape index (κ3) is 5.77. The highest BCUT2D eigenvalue weighted by atomic mass is 16.5. The van der Waals surface area contributed by atoms with Crippen molar-refractivity contribution in [2.24, 2.45) is 0 Å². The van der Waals surface area contributed by atoms with Crippen LogP contribution in [-0.4, -0.2) is 55.3 Å². The van der Waals surface area contributed by atoms with Crippen molar-refractivity contribution in [1.82, 2.24) is 14.9 Å². The molecule has 0 aliphatic heterocycles.